The third-order valence-electron chi connectivity index (χ3n) is 4.20. The van der Waals surface area contributed by atoms with E-state index >= 15 is 0 Å². The van der Waals surface area contributed by atoms with Crippen molar-refractivity contribution >= 4 is 0 Å². The number of nitrogens with two attached hydrogens (primary N) is 1. The molecule has 0 radical (unpaired) electrons. The lowest BCUT2D eigenvalue weighted by Gasteiger charge is -2.19. The van der Waals surface area contributed by atoms with Crippen molar-refractivity contribution < 1.29 is 0 Å². The van der Waals surface area contributed by atoms with E-state index in [2.05, 4.69) is 41.6 Å². The monoisotopic (exact) mass is 267 g/mol. The highest BCUT2D eigenvalue weighted by molar-refractivity contribution is 5.40. The third-order valence-corrected chi connectivity index (χ3v) is 4.20. The van der Waals surface area contributed by atoms with Gasteiger partial charge in [-0.1, -0.05) is 31.2 Å². The van der Waals surface area contributed by atoms with Crippen molar-refractivity contribution in [3.63, 3.8) is 0 Å². The molecule has 3 rings (SSSR count). The van der Waals surface area contributed by atoms with Crippen LogP contribution in [-0.2, 0) is 19.3 Å². The van der Waals surface area contributed by atoms with Crippen LogP contribution in [0.4, 0.5) is 0 Å². The van der Waals surface area contributed by atoms with Crippen LogP contribution in [0, 0.1) is 0 Å². The average molecular weight is 267 g/mol. The Hall–Kier alpha value is -1.71. The molecule has 0 spiro atoms. The molecule has 1 aromatic carbocycles. The summed E-state index contributed by atoms with van der Waals surface area (Å²) in [7, 11) is 0. The summed E-state index contributed by atoms with van der Waals surface area (Å²) in [5.41, 5.74) is 9.39. The molecular formula is C17H21N3. The second kappa shape index (κ2) is 5.73. The highest BCUT2D eigenvalue weighted by atomic mass is 15.2. The Morgan fingerprint density at radius 2 is 2.10 bits per heavy atom. The highest BCUT2D eigenvalue weighted by Gasteiger charge is 2.19. The summed E-state index contributed by atoms with van der Waals surface area (Å²) in [5, 5.41) is 0. The number of rotatable bonds is 4. The van der Waals surface area contributed by atoms with Gasteiger partial charge < -0.3 is 0 Å². The number of benzene rings is 1. The molecule has 3 heteroatoms. The molecule has 1 aliphatic carbocycles. The van der Waals surface area contributed by atoms with E-state index in [1.54, 1.807) is 0 Å². The molecule has 3 nitrogen and oxygen atoms in total. The summed E-state index contributed by atoms with van der Waals surface area (Å²) in [4.78, 5) is 4.55. The van der Waals surface area contributed by atoms with Gasteiger partial charge in [0.05, 0.1) is 11.7 Å². The molecule has 0 saturated heterocycles. The zero-order valence-electron chi connectivity index (χ0n) is 11.9. The molecule has 2 aromatic rings. The summed E-state index contributed by atoms with van der Waals surface area (Å²) in [6.07, 6.45) is 6.46. The SMILES string of the molecule is CCc1cccnc1C(NN)c1ccc2c(c1)CCC2. The van der Waals surface area contributed by atoms with Gasteiger partial charge in [-0.15, -0.1) is 0 Å². The topological polar surface area (TPSA) is 50.9 Å². The molecule has 1 aliphatic rings. The maximum atomic E-state index is 5.82. The Labute approximate surface area is 120 Å². The van der Waals surface area contributed by atoms with Gasteiger partial charge in [0, 0.05) is 6.20 Å². The summed E-state index contributed by atoms with van der Waals surface area (Å²) < 4.78 is 0. The Morgan fingerprint density at radius 3 is 2.90 bits per heavy atom. The molecule has 0 fully saturated rings. The predicted octanol–water partition coefficient (Wildman–Crippen LogP) is 2.69. The Balaban J connectivity index is 2.01. The standard InChI is InChI=1S/C17H21N3/c1-2-12-7-4-10-19-16(12)17(20-18)15-9-8-13-5-3-6-14(13)11-15/h4,7-11,17,20H,2-3,5-6,18H2,1H3. The number of aromatic nitrogens is 1. The quantitative estimate of drug-likeness (QED) is 0.661. The smallest absolute Gasteiger partial charge is 0.0884 e. The van der Waals surface area contributed by atoms with E-state index in [1.165, 1.54) is 41.5 Å². The van der Waals surface area contributed by atoms with Crippen LogP contribution in [0.15, 0.2) is 36.5 Å². The van der Waals surface area contributed by atoms with E-state index in [0.29, 0.717) is 0 Å². The number of hydrogen-bond donors (Lipinski definition) is 2. The first kappa shape index (κ1) is 13.3. The highest BCUT2D eigenvalue weighted by Crippen LogP contribution is 2.28. The van der Waals surface area contributed by atoms with Crippen LogP contribution in [0.2, 0.25) is 0 Å². The van der Waals surface area contributed by atoms with Crippen molar-refractivity contribution in [2.45, 2.75) is 38.6 Å². The van der Waals surface area contributed by atoms with Gasteiger partial charge in [-0.3, -0.25) is 10.8 Å². The van der Waals surface area contributed by atoms with Gasteiger partial charge in [0.25, 0.3) is 0 Å². The number of hydrazine groups is 1. The summed E-state index contributed by atoms with van der Waals surface area (Å²) in [6.45, 7) is 2.15. The molecule has 3 N–H and O–H groups in total. The number of nitrogens with zero attached hydrogens (tertiary/aromatic N) is 1. The second-order valence-electron chi connectivity index (χ2n) is 5.38. The minimum Gasteiger partial charge on any atom is -0.271 e. The van der Waals surface area contributed by atoms with Gasteiger partial charge in [0.15, 0.2) is 0 Å². The maximum absolute atomic E-state index is 5.82. The molecule has 1 unspecified atom stereocenters. The van der Waals surface area contributed by atoms with E-state index in [4.69, 9.17) is 5.84 Å². The zero-order chi connectivity index (χ0) is 13.9. The van der Waals surface area contributed by atoms with Gasteiger partial charge >= 0.3 is 0 Å². The Kier molecular flexibility index (Phi) is 3.81. The van der Waals surface area contributed by atoms with Crippen LogP contribution < -0.4 is 11.3 Å². The third kappa shape index (κ3) is 2.35. The number of hydrogen-bond acceptors (Lipinski definition) is 3. The summed E-state index contributed by atoms with van der Waals surface area (Å²) in [6, 6.07) is 10.8. The van der Waals surface area contributed by atoms with Gasteiger partial charge in [0.2, 0.25) is 0 Å². The van der Waals surface area contributed by atoms with Crippen molar-refractivity contribution in [1.29, 1.82) is 0 Å². The van der Waals surface area contributed by atoms with Crippen LogP contribution in [0.3, 0.4) is 0 Å². The van der Waals surface area contributed by atoms with E-state index in [-0.39, 0.29) is 6.04 Å². The van der Waals surface area contributed by atoms with Gasteiger partial charge in [-0.05, 0) is 54.0 Å². The fourth-order valence-electron chi connectivity index (χ4n) is 3.11. The van der Waals surface area contributed by atoms with Crippen LogP contribution in [0.1, 0.15) is 47.3 Å². The fourth-order valence-corrected chi connectivity index (χ4v) is 3.11. The van der Waals surface area contributed by atoms with Crippen molar-refractivity contribution in [3.8, 4) is 0 Å². The minimum atomic E-state index is -0.0305. The lowest BCUT2D eigenvalue weighted by Crippen LogP contribution is -2.30. The first-order chi connectivity index (χ1) is 9.83. The van der Waals surface area contributed by atoms with Crippen LogP contribution in [0.5, 0.6) is 0 Å². The van der Waals surface area contributed by atoms with E-state index in [9.17, 15) is 0 Å². The van der Waals surface area contributed by atoms with Crippen LogP contribution in [-0.4, -0.2) is 4.98 Å². The molecule has 20 heavy (non-hydrogen) atoms. The Bertz CT molecular complexity index is 607. The molecule has 1 atom stereocenters. The normalized spacial score (nSPS) is 15.1. The van der Waals surface area contributed by atoms with E-state index in [1.807, 2.05) is 12.3 Å². The lowest BCUT2D eigenvalue weighted by molar-refractivity contribution is 0.613. The minimum absolute atomic E-state index is 0.0305. The molecule has 0 bridgehead atoms. The maximum Gasteiger partial charge on any atom is 0.0884 e. The molecule has 0 saturated carbocycles. The predicted molar refractivity (Wildman–Crippen MR) is 81.2 cm³/mol. The first-order valence-electron chi connectivity index (χ1n) is 7.35. The molecule has 0 aliphatic heterocycles. The lowest BCUT2D eigenvalue weighted by atomic mass is 9.96. The van der Waals surface area contributed by atoms with Gasteiger partial charge in [-0.2, -0.15) is 0 Å². The van der Waals surface area contributed by atoms with E-state index in [0.717, 1.165) is 12.1 Å². The van der Waals surface area contributed by atoms with Crippen molar-refractivity contribution in [2.24, 2.45) is 5.84 Å². The fraction of sp³-hybridized carbons (Fsp3) is 0.353. The summed E-state index contributed by atoms with van der Waals surface area (Å²) >= 11 is 0. The molecule has 0 amide bonds. The van der Waals surface area contributed by atoms with Crippen molar-refractivity contribution in [1.82, 2.24) is 10.4 Å². The number of aryl methyl sites for hydroxylation is 3. The molecule has 1 aromatic heterocycles. The van der Waals surface area contributed by atoms with Crippen molar-refractivity contribution in [2.75, 3.05) is 0 Å². The van der Waals surface area contributed by atoms with Crippen LogP contribution in [0.25, 0.3) is 0 Å². The number of pyridine rings is 1. The van der Waals surface area contributed by atoms with Gasteiger partial charge in [-0.25, -0.2) is 5.43 Å². The Morgan fingerprint density at radius 1 is 1.25 bits per heavy atom. The summed E-state index contributed by atoms with van der Waals surface area (Å²) in [5.74, 6) is 5.82. The molecule has 104 valence electrons. The molecular weight excluding hydrogens is 246 g/mol. The second-order valence-corrected chi connectivity index (χ2v) is 5.38. The van der Waals surface area contributed by atoms with Gasteiger partial charge in [0.1, 0.15) is 0 Å². The van der Waals surface area contributed by atoms with E-state index < -0.39 is 0 Å². The first-order valence-corrected chi connectivity index (χ1v) is 7.35. The number of fused-ring (bicyclic) bond motifs is 1. The average Bonchev–Trinajstić information content (AvgIpc) is 2.96. The van der Waals surface area contributed by atoms with Crippen LogP contribution >= 0.6 is 0 Å². The number of nitrogens with one attached hydrogen (secondary N) is 1. The largest absolute Gasteiger partial charge is 0.271 e. The zero-order valence-corrected chi connectivity index (χ0v) is 11.9. The van der Waals surface area contributed by atoms with Crippen molar-refractivity contribution in [3.05, 3.63) is 64.5 Å². The molecule has 1 heterocycles.